The summed E-state index contributed by atoms with van der Waals surface area (Å²) in [4.78, 5) is 9.96. The number of carboxylic acid groups (broad SMARTS) is 1. The maximum atomic E-state index is 12.3. The second-order valence-electron chi connectivity index (χ2n) is 2.61. The molecular formula is C6H9F3O4S. The molecule has 0 aliphatic rings. The van der Waals surface area contributed by atoms with E-state index in [9.17, 15) is 26.4 Å². The summed E-state index contributed by atoms with van der Waals surface area (Å²) in [5.74, 6) is -3.53. The molecule has 0 saturated heterocycles. The van der Waals surface area contributed by atoms with Crippen molar-refractivity contribution in [2.45, 2.75) is 19.0 Å². The van der Waals surface area contributed by atoms with Crippen LogP contribution in [0.25, 0.3) is 0 Å². The molecule has 0 saturated carbocycles. The fourth-order valence-electron chi connectivity index (χ4n) is 0.641. The van der Waals surface area contributed by atoms with Crippen LogP contribution >= 0.6 is 0 Å². The van der Waals surface area contributed by atoms with Crippen molar-refractivity contribution in [3.05, 3.63) is 0 Å². The number of carbonyl (C=O) groups is 1. The highest BCUT2D eigenvalue weighted by Gasteiger charge is 2.26. The predicted octanol–water partition coefficient (Wildman–Crippen LogP) is 0.479. The molecule has 84 valence electrons. The smallest absolute Gasteiger partial charge is 0.304 e. The van der Waals surface area contributed by atoms with Crippen molar-refractivity contribution >= 4 is 15.8 Å². The van der Waals surface area contributed by atoms with E-state index in [4.69, 9.17) is 5.11 Å². The third kappa shape index (κ3) is 5.79. The zero-order valence-corrected chi connectivity index (χ0v) is 7.81. The highest BCUT2D eigenvalue weighted by atomic mass is 32.2. The van der Waals surface area contributed by atoms with E-state index >= 15 is 0 Å². The molecule has 0 spiro atoms. The molecule has 14 heavy (non-hydrogen) atoms. The van der Waals surface area contributed by atoms with Crippen molar-refractivity contribution in [3.63, 3.8) is 0 Å². The lowest BCUT2D eigenvalue weighted by molar-refractivity contribution is -0.136. The summed E-state index contributed by atoms with van der Waals surface area (Å²) in [7, 11) is -4.06. The summed E-state index contributed by atoms with van der Waals surface area (Å²) in [6, 6.07) is 0. The van der Waals surface area contributed by atoms with Gasteiger partial charge in [0.25, 0.3) is 6.43 Å². The second kappa shape index (κ2) is 5.18. The summed E-state index contributed by atoms with van der Waals surface area (Å²) < 4.78 is 57.1. The van der Waals surface area contributed by atoms with Gasteiger partial charge in [-0.05, 0) is 0 Å². The number of halogens is 3. The van der Waals surface area contributed by atoms with E-state index in [1.807, 2.05) is 0 Å². The summed E-state index contributed by atoms with van der Waals surface area (Å²) in [5.41, 5.74) is 0. The summed E-state index contributed by atoms with van der Waals surface area (Å²) in [5, 5.41) is 8.11. The first kappa shape index (κ1) is 13.2. The van der Waals surface area contributed by atoms with Crippen molar-refractivity contribution < 1.29 is 31.5 Å². The van der Waals surface area contributed by atoms with Gasteiger partial charge in [0, 0.05) is 0 Å². The predicted molar refractivity (Wildman–Crippen MR) is 41.8 cm³/mol. The number of hydrogen-bond donors (Lipinski definition) is 1. The summed E-state index contributed by atoms with van der Waals surface area (Å²) >= 11 is 0. The van der Waals surface area contributed by atoms with Crippen LogP contribution in [0.2, 0.25) is 0 Å². The molecule has 8 heteroatoms. The third-order valence-electron chi connectivity index (χ3n) is 1.31. The number of aliphatic carboxylic acids is 1. The minimum absolute atomic E-state index is 0.710. The van der Waals surface area contributed by atoms with Crippen molar-refractivity contribution in [1.29, 1.82) is 0 Å². The van der Waals surface area contributed by atoms with Gasteiger partial charge in [0.05, 0.1) is 17.9 Å². The molecule has 0 fully saturated rings. The van der Waals surface area contributed by atoms with E-state index in [2.05, 4.69) is 0 Å². The fourth-order valence-corrected chi connectivity index (χ4v) is 1.92. The first-order valence-corrected chi connectivity index (χ1v) is 5.41. The van der Waals surface area contributed by atoms with Crippen LogP contribution in [0.4, 0.5) is 13.2 Å². The number of rotatable bonds is 6. The lowest BCUT2D eigenvalue weighted by atomic mass is 10.5. The van der Waals surface area contributed by atoms with Gasteiger partial charge in [-0.25, -0.2) is 21.6 Å². The number of carboxylic acids is 1. The lowest BCUT2D eigenvalue weighted by Crippen LogP contribution is -2.26. The Labute approximate surface area is 78.6 Å². The summed E-state index contributed by atoms with van der Waals surface area (Å²) in [6.45, 7) is 0. The first-order chi connectivity index (χ1) is 6.24. The van der Waals surface area contributed by atoms with Crippen molar-refractivity contribution in [2.24, 2.45) is 0 Å². The first-order valence-electron chi connectivity index (χ1n) is 3.59. The van der Waals surface area contributed by atoms with Gasteiger partial charge in [0.1, 0.15) is 0 Å². The van der Waals surface area contributed by atoms with E-state index in [-0.39, 0.29) is 0 Å². The van der Waals surface area contributed by atoms with E-state index in [0.717, 1.165) is 0 Å². The van der Waals surface area contributed by atoms with Crippen molar-refractivity contribution in [2.75, 3.05) is 11.5 Å². The summed E-state index contributed by atoms with van der Waals surface area (Å²) in [6.07, 6.45) is -6.83. The van der Waals surface area contributed by atoms with E-state index in [1.165, 1.54) is 0 Å². The molecule has 0 rings (SSSR count). The Morgan fingerprint density at radius 3 is 2.14 bits per heavy atom. The number of alkyl halides is 3. The average Bonchev–Trinajstić information content (AvgIpc) is 2.00. The van der Waals surface area contributed by atoms with Gasteiger partial charge < -0.3 is 5.11 Å². The van der Waals surface area contributed by atoms with Crippen LogP contribution in [0.1, 0.15) is 6.42 Å². The topological polar surface area (TPSA) is 71.4 Å². The Bertz CT molecular complexity index is 287. The fraction of sp³-hybridized carbons (Fsp3) is 0.833. The molecule has 4 nitrogen and oxygen atoms in total. The second-order valence-corrected chi connectivity index (χ2v) is 4.84. The Morgan fingerprint density at radius 2 is 1.79 bits per heavy atom. The molecule has 0 aromatic rings. The lowest BCUT2D eigenvalue weighted by Gasteiger charge is -2.06. The molecule has 0 aromatic carbocycles. The van der Waals surface area contributed by atoms with E-state index < -0.39 is 46.3 Å². The van der Waals surface area contributed by atoms with Crippen molar-refractivity contribution in [1.82, 2.24) is 0 Å². The maximum absolute atomic E-state index is 12.3. The van der Waals surface area contributed by atoms with Crippen LogP contribution < -0.4 is 0 Å². The third-order valence-corrected chi connectivity index (χ3v) is 2.97. The molecule has 1 unspecified atom stereocenters. The quantitative estimate of drug-likeness (QED) is 0.725. The van der Waals surface area contributed by atoms with Gasteiger partial charge in [-0.3, -0.25) is 4.79 Å². The van der Waals surface area contributed by atoms with E-state index in [0.29, 0.717) is 0 Å². The molecule has 0 bridgehead atoms. The molecule has 0 heterocycles. The highest BCUT2D eigenvalue weighted by molar-refractivity contribution is 7.91. The van der Waals surface area contributed by atoms with Crippen LogP contribution in [0.15, 0.2) is 0 Å². The number of hydrogen-bond acceptors (Lipinski definition) is 3. The van der Waals surface area contributed by atoms with Crippen LogP contribution in [0, 0.1) is 0 Å². The van der Waals surface area contributed by atoms with Gasteiger partial charge in [0.15, 0.2) is 16.0 Å². The Hall–Kier alpha value is -0.790. The number of sulfone groups is 1. The minimum atomic E-state index is -4.06. The van der Waals surface area contributed by atoms with Gasteiger partial charge in [-0.1, -0.05) is 0 Å². The zero-order valence-electron chi connectivity index (χ0n) is 6.99. The Balaban J connectivity index is 4.15. The van der Waals surface area contributed by atoms with Crippen LogP contribution in [0.3, 0.4) is 0 Å². The monoisotopic (exact) mass is 234 g/mol. The maximum Gasteiger partial charge on any atom is 0.304 e. The normalized spacial score (nSPS) is 14.3. The Morgan fingerprint density at radius 1 is 1.29 bits per heavy atom. The van der Waals surface area contributed by atoms with Gasteiger partial charge >= 0.3 is 5.97 Å². The van der Waals surface area contributed by atoms with Gasteiger partial charge in [0.2, 0.25) is 0 Å². The molecule has 0 amide bonds. The molecule has 1 N–H and O–H groups in total. The largest absolute Gasteiger partial charge is 0.481 e. The van der Waals surface area contributed by atoms with Crippen LogP contribution in [0.5, 0.6) is 0 Å². The SMILES string of the molecule is O=C(O)CCS(=O)(=O)CC(F)C(F)F. The molecular weight excluding hydrogens is 225 g/mol. The highest BCUT2D eigenvalue weighted by Crippen LogP contribution is 2.09. The van der Waals surface area contributed by atoms with Crippen LogP contribution in [-0.4, -0.2) is 43.6 Å². The zero-order chi connectivity index (χ0) is 11.4. The molecule has 0 aliphatic carbocycles. The molecule has 0 aromatic heterocycles. The van der Waals surface area contributed by atoms with Crippen molar-refractivity contribution in [3.8, 4) is 0 Å². The van der Waals surface area contributed by atoms with Gasteiger partial charge in [-0.15, -0.1) is 0 Å². The molecule has 0 aliphatic heterocycles. The van der Waals surface area contributed by atoms with Gasteiger partial charge in [-0.2, -0.15) is 0 Å². The standard InChI is InChI=1S/C6H9F3O4S/c7-4(6(8)9)3-14(12,13)2-1-5(10)11/h4,6H,1-3H2,(H,10,11). The van der Waals surface area contributed by atoms with E-state index in [1.54, 1.807) is 0 Å². The Kier molecular flexibility index (Phi) is 4.89. The minimum Gasteiger partial charge on any atom is -0.481 e. The van der Waals surface area contributed by atoms with Crippen LogP contribution in [-0.2, 0) is 14.6 Å². The molecule has 1 atom stereocenters. The molecule has 0 radical (unpaired) electrons. The average molecular weight is 234 g/mol.